The van der Waals surface area contributed by atoms with Gasteiger partial charge in [-0.15, -0.1) is 11.6 Å². The van der Waals surface area contributed by atoms with E-state index in [1.54, 1.807) is 49.6 Å². The molecule has 1 atom stereocenters. The van der Waals surface area contributed by atoms with Crippen molar-refractivity contribution in [3.63, 3.8) is 0 Å². The van der Waals surface area contributed by atoms with Crippen LogP contribution in [-0.2, 0) is 0 Å². The molecule has 5 nitrogen and oxygen atoms in total. The van der Waals surface area contributed by atoms with E-state index in [-0.39, 0.29) is 11.7 Å². The van der Waals surface area contributed by atoms with Crippen LogP contribution in [0.15, 0.2) is 42.5 Å². The van der Waals surface area contributed by atoms with Gasteiger partial charge in [-0.1, -0.05) is 0 Å². The number of hydrogen-bond acceptors (Lipinski definition) is 5. The first kappa shape index (κ1) is 18.1. The number of carbonyl (C=O) groups is 1. The number of carbonyl (C=O) groups excluding carboxylic acids is 1. The molecule has 0 amide bonds. The summed E-state index contributed by atoms with van der Waals surface area (Å²) in [5.41, 5.74) is 1.89. The van der Waals surface area contributed by atoms with Crippen molar-refractivity contribution in [2.24, 2.45) is 0 Å². The van der Waals surface area contributed by atoms with Gasteiger partial charge in [-0.25, -0.2) is 0 Å². The molecule has 6 heteroatoms. The Morgan fingerprint density at radius 1 is 1.08 bits per heavy atom. The Balaban J connectivity index is 2.12. The molecule has 24 heavy (non-hydrogen) atoms. The van der Waals surface area contributed by atoms with Crippen molar-refractivity contribution in [2.45, 2.75) is 6.10 Å². The fourth-order valence-electron chi connectivity index (χ4n) is 2.17. The van der Waals surface area contributed by atoms with Gasteiger partial charge in [0.15, 0.2) is 17.3 Å². The summed E-state index contributed by atoms with van der Waals surface area (Å²) in [4.78, 5) is 12.6. The summed E-state index contributed by atoms with van der Waals surface area (Å²) < 4.78 is 10.4. The summed E-state index contributed by atoms with van der Waals surface area (Å²) in [6.07, 6.45) is -0.611. The van der Waals surface area contributed by atoms with Crippen molar-refractivity contribution in [3.05, 3.63) is 53.6 Å². The lowest BCUT2D eigenvalue weighted by Gasteiger charge is -2.11. The molecule has 0 saturated heterocycles. The average molecular weight is 350 g/mol. The van der Waals surface area contributed by atoms with E-state index in [1.165, 1.54) is 7.11 Å². The molecule has 0 aromatic heterocycles. The lowest BCUT2D eigenvalue weighted by molar-refractivity contribution is 0.103. The number of nitrogens with one attached hydrogen (secondary N) is 1. The highest BCUT2D eigenvalue weighted by molar-refractivity contribution is 6.18. The van der Waals surface area contributed by atoms with Crippen LogP contribution < -0.4 is 14.8 Å². The average Bonchev–Trinajstić information content (AvgIpc) is 2.65. The van der Waals surface area contributed by atoms with E-state index in [4.69, 9.17) is 21.1 Å². The second-order valence-electron chi connectivity index (χ2n) is 5.17. The van der Waals surface area contributed by atoms with Crippen LogP contribution in [0.3, 0.4) is 0 Å². The zero-order valence-electron chi connectivity index (χ0n) is 13.6. The van der Waals surface area contributed by atoms with Crippen molar-refractivity contribution in [2.75, 3.05) is 32.0 Å². The van der Waals surface area contributed by atoms with Crippen molar-refractivity contribution in [1.29, 1.82) is 0 Å². The number of aliphatic hydroxyl groups is 1. The number of hydrogen-bond donors (Lipinski definition) is 2. The zero-order valence-corrected chi connectivity index (χ0v) is 14.3. The maximum Gasteiger partial charge on any atom is 0.193 e. The first-order valence-corrected chi connectivity index (χ1v) is 7.97. The second-order valence-corrected chi connectivity index (χ2v) is 5.47. The maximum absolute atomic E-state index is 12.6. The minimum atomic E-state index is -0.611. The number of halogens is 1. The lowest BCUT2D eigenvalue weighted by atomic mass is 10.0. The molecular formula is C18H20ClNO4. The number of rotatable bonds is 8. The molecule has 0 spiro atoms. The summed E-state index contributed by atoms with van der Waals surface area (Å²) >= 11 is 5.55. The minimum absolute atomic E-state index is 0.108. The van der Waals surface area contributed by atoms with E-state index in [0.717, 1.165) is 5.69 Å². The Hall–Kier alpha value is -2.24. The van der Waals surface area contributed by atoms with E-state index in [1.807, 2.05) is 0 Å². The number of ether oxygens (including phenoxy) is 2. The first-order chi connectivity index (χ1) is 11.6. The van der Waals surface area contributed by atoms with Crippen LogP contribution in [0.25, 0.3) is 0 Å². The molecule has 0 saturated carbocycles. The predicted molar refractivity (Wildman–Crippen MR) is 94.6 cm³/mol. The monoisotopic (exact) mass is 349 g/mol. The van der Waals surface area contributed by atoms with Gasteiger partial charge in [-0.05, 0) is 42.5 Å². The second kappa shape index (κ2) is 8.57. The molecule has 0 aliphatic heterocycles. The molecule has 0 radical (unpaired) electrons. The third-order valence-corrected chi connectivity index (χ3v) is 3.87. The minimum Gasteiger partial charge on any atom is -0.493 e. The van der Waals surface area contributed by atoms with Gasteiger partial charge in [0.1, 0.15) is 0 Å². The Kier molecular flexibility index (Phi) is 6.46. The van der Waals surface area contributed by atoms with Crippen molar-refractivity contribution >= 4 is 23.1 Å². The molecule has 2 aromatic carbocycles. The number of anilines is 1. The summed E-state index contributed by atoms with van der Waals surface area (Å²) in [7, 11) is 3.08. The topological polar surface area (TPSA) is 67.8 Å². The maximum atomic E-state index is 12.6. The molecule has 2 N–H and O–H groups in total. The highest BCUT2D eigenvalue weighted by Gasteiger charge is 2.13. The summed E-state index contributed by atoms with van der Waals surface area (Å²) in [5, 5.41) is 12.5. The smallest absolute Gasteiger partial charge is 0.193 e. The SMILES string of the molecule is COc1ccc(C(=O)c2ccc(NCC(O)CCl)cc2)cc1OC. The number of methoxy groups -OCH3 is 2. The quantitative estimate of drug-likeness (QED) is 0.566. The first-order valence-electron chi connectivity index (χ1n) is 7.43. The van der Waals surface area contributed by atoms with Crippen LogP contribution in [0.1, 0.15) is 15.9 Å². The fourth-order valence-corrected chi connectivity index (χ4v) is 2.28. The van der Waals surface area contributed by atoms with Gasteiger partial charge in [-0.3, -0.25) is 4.79 Å². The Morgan fingerprint density at radius 3 is 2.29 bits per heavy atom. The molecule has 2 rings (SSSR count). The van der Waals surface area contributed by atoms with Crippen LogP contribution in [0.4, 0.5) is 5.69 Å². The molecule has 0 heterocycles. The summed E-state index contributed by atoms with van der Waals surface area (Å²) in [5.74, 6) is 1.15. The van der Waals surface area contributed by atoms with E-state index in [2.05, 4.69) is 5.32 Å². The number of ketones is 1. The summed E-state index contributed by atoms with van der Waals surface area (Å²) in [6, 6.07) is 12.1. The number of alkyl halides is 1. The standard InChI is InChI=1S/C18H20ClNO4/c1-23-16-8-5-13(9-17(16)24-2)18(22)12-3-6-14(7-4-12)20-11-15(21)10-19/h3-9,15,20-21H,10-11H2,1-2H3. The van der Waals surface area contributed by atoms with Gasteiger partial charge < -0.3 is 19.9 Å². The molecule has 0 fully saturated rings. The number of benzene rings is 2. The van der Waals surface area contributed by atoms with E-state index in [9.17, 15) is 9.90 Å². The van der Waals surface area contributed by atoms with Crippen molar-refractivity contribution < 1.29 is 19.4 Å². The van der Waals surface area contributed by atoms with Gasteiger partial charge >= 0.3 is 0 Å². The van der Waals surface area contributed by atoms with Gasteiger partial charge in [0, 0.05) is 23.4 Å². The van der Waals surface area contributed by atoms with Crippen LogP contribution >= 0.6 is 11.6 Å². The molecule has 2 aromatic rings. The highest BCUT2D eigenvalue weighted by Crippen LogP contribution is 2.28. The number of aliphatic hydroxyl groups excluding tert-OH is 1. The Morgan fingerprint density at radius 2 is 1.71 bits per heavy atom. The third-order valence-electron chi connectivity index (χ3n) is 3.51. The third kappa shape index (κ3) is 4.40. The van der Waals surface area contributed by atoms with Gasteiger partial charge in [0.25, 0.3) is 0 Å². The van der Waals surface area contributed by atoms with E-state index in [0.29, 0.717) is 29.2 Å². The van der Waals surface area contributed by atoms with Crippen molar-refractivity contribution in [1.82, 2.24) is 0 Å². The van der Waals surface area contributed by atoms with Crippen LogP contribution in [0.2, 0.25) is 0 Å². The zero-order chi connectivity index (χ0) is 17.5. The molecule has 0 aliphatic carbocycles. The molecule has 0 aliphatic rings. The molecule has 0 bridgehead atoms. The fraction of sp³-hybridized carbons (Fsp3) is 0.278. The molecule has 1 unspecified atom stereocenters. The van der Waals surface area contributed by atoms with Gasteiger partial charge in [0.2, 0.25) is 0 Å². The molecular weight excluding hydrogens is 330 g/mol. The normalized spacial score (nSPS) is 11.7. The summed E-state index contributed by atoms with van der Waals surface area (Å²) in [6.45, 7) is 0.354. The predicted octanol–water partition coefficient (Wildman–Crippen LogP) is 2.95. The molecule has 128 valence electrons. The Labute approximate surface area is 146 Å². The van der Waals surface area contributed by atoms with E-state index >= 15 is 0 Å². The van der Waals surface area contributed by atoms with Crippen LogP contribution in [-0.4, -0.2) is 43.6 Å². The van der Waals surface area contributed by atoms with Gasteiger partial charge in [0.05, 0.1) is 26.2 Å². The highest BCUT2D eigenvalue weighted by atomic mass is 35.5. The van der Waals surface area contributed by atoms with Crippen molar-refractivity contribution in [3.8, 4) is 11.5 Å². The van der Waals surface area contributed by atoms with E-state index < -0.39 is 6.10 Å². The van der Waals surface area contributed by atoms with Crippen LogP contribution in [0, 0.1) is 0 Å². The van der Waals surface area contributed by atoms with Crippen LogP contribution in [0.5, 0.6) is 11.5 Å². The Bertz CT molecular complexity index is 688. The largest absolute Gasteiger partial charge is 0.493 e. The van der Waals surface area contributed by atoms with Gasteiger partial charge in [-0.2, -0.15) is 0 Å². The lowest BCUT2D eigenvalue weighted by Crippen LogP contribution is -2.20.